The molecule has 4 rings (SSSR count). The lowest BCUT2D eigenvalue weighted by Crippen LogP contribution is -2.48. The molecular weight excluding hydrogens is 455 g/mol. The first-order valence-corrected chi connectivity index (χ1v) is 12.0. The number of hydrogen-bond donors (Lipinski definition) is 0. The Hall–Kier alpha value is -3.23. The third-order valence-corrected chi connectivity index (χ3v) is 6.83. The molecule has 0 N–H and O–H groups in total. The minimum atomic E-state index is -0.332. The molecule has 1 aliphatic rings. The number of amides is 2. The van der Waals surface area contributed by atoms with Gasteiger partial charge in [-0.2, -0.15) is 0 Å². The quantitative estimate of drug-likeness (QED) is 0.459. The van der Waals surface area contributed by atoms with Gasteiger partial charge in [0.1, 0.15) is 24.7 Å². The molecule has 1 aliphatic heterocycles. The molecule has 6 nitrogen and oxygen atoms in total. The average Bonchev–Trinajstić information content (AvgIpc) is 3.35. The largest absolute Gasteiger partial charge is 0.491 e. The van der Waals surface area contributed by atoms with Gasteiger partial charge in [0.2, 0.25) is 5.91 Å². The number of thiophene rings is 1. The number of carbonyl (C=O) groups excluding carboxylic acids is 2. The van der Waals surface area contributed by atoms with Crippen molar-refractivity contribution in [1.82, 2.24) is 9.80 Å². The number of hydrogen-bond acceptors (Lipinski definition) is 5. The highest BCUT2D eigenvalue weighted by molar-refractivity contribution is 7.10. The fraction of sp³-hybridized carbons (Fsp3) is 0.308. The van der Waals surface area contributed by atoms with Crippen LogP contribution in [0.5, 0.6) is 5.75 Å². The van der Waals surface area contributed by atoms with Crippen LogP contribution in [0, 0.1) is 5.82 Å². The van der Waals surface area contributed by atoms with Crippen LogP contribution in [0.25, 0.3) is 0 Å². The van der Waals surface area contributed by atoms with Crippen molar-refractivity contribution in [2.45, 2.75) is 12.5 Å². The molecule has 2 heterocycles. The minimum Gasteiger partial charge on any atom is -0.491 e. The van der Waals surface area contributed by atoms with Gasteiger partial charge in [-0.15, -0.1) is 11.3 Å². The van der Waals surface area contributed by atoms with Gasteiger partial charge in [0, 0.05) is 30.6 Å². The molecule has 0 bridgehead atoms. The monoisotopic (exact) mass is 482 g/mol. The predicted octanol–water partition coefficient (Wildman–Crippen LogP) is 4.18. The van der Waals surface area contributed by atoms with Gasteiger partial charge in [0.15, 0.2) is 0 Å². The number of carbonyl (C=O) groups is 2. The molecule has 0 saturated carbocycles. The van der Waals surface area contributed by atoms with Crippen LogP contribution in [0.15, 0.2) is 66.0 Å². The molecule has 0 spiro atoms. The highest BCUT2D eigenvalue weighted by atomic mass is 32.1. The Balaban J connectivity index is 1.51. The van der Waals surface area contributed by atoms with E-state index in [1.807, 2.05) is 17.5 Å². The summed E-state index contributed by atoms with van der Waals surface area (Å²) in [6.45, 7) is 1.37. The zero-order chi connectivity index (χ0) is 23.9. The van der Waals surface area contributed by atoms with Crippen LogP contribution in [0.2, 0.25) is 0 Å². The van der Waals surface area contributed by atoms with Crippen LogP contribution < -0.4 is 4.74 Å². The molecule has 1 aromatic heterocycles. The number of methoxy groups -OCH3 is 1. The number of ether oxygens (including phenoxy) is 2. The molecule has 34 heavy (non-hydrogen) atoms. The molecule has 0 fully saturated rings. The second-order valence-corrected chi connectivity index (χ2v) is 9.00. The Morgan fingerprint density at radius 3 is 2.62 bits per heavy atom. The fourth-order valence-electron chi connectivity index (χ4n) is 4.05. The SMILES string of the molecule is COCCN(CC(=O)N1CCc2sccc2[C@@H]1COc1ccc(F)cc1)C(=O)c1ccccc1. The van der Waals surface area contributed by atoms with E-state index in [-0.39, 0.29) is 36.8 Å². The Morgan fingerprint density at radius 2 is 1.88 bits per heavy atom. The van der Waals surface area contributed by atoms with Gasteiger partial charge in [-0.3, -0.25) is 9.59 Å². The lowest BCUT2D eigenvalue weighted by Gasteiger charge is -2.37. The average molecular weight is 483 g/mol. The van der Waals surface area contributed by atoms with E-state index >= 15 is 0 Å². The first-order valence-electron chi connectivity index (χ1n) is 11.1. The molecule has 1 atom stereocenters. The van der Waals surface area contributed by atoms with Crippen molar-refractivity contribution >= 4 is 23.2 Å². The topological polar surface area (TPSA) is 59.1 Å². The van der Waals surface area contributed by atoms with E-state index in [9.17, 15) is 14.0 Å². The van der Waals surface area contributed by atoms with Crippen LogP contribution in [-0.4, -0.2) is 61.6 Å². The van der Waals surface area contributed by atoms with Gasteiger partial charge in [0.05, 0.1) is 12.6 Å². The highest BCUT2D eigenvalue weighted by Crippen LogP contribution is 2.34. The zero-order valence-electron chi connectivity index (χ0n) is 19.0. The summed E-state index contributed by atoms with van der Waals surface area (Å²) in [7, 11) is 1.57. The summed E-state index contributed by atoms with van der Waals surface area (Å²) in [5, 5.41) is 2.02. The first-order chi connectivity index (χ1) is 16.6. The van der Waals surface area contributed by atoms with Crippen molar-refractivity contribution in [2.75, 3.05) is 40.0 Å². The van der Waals surface area contributed by atoms with Gasteiger partial charge in [0.25, 0.3) is 5.91 Å². The smallest absolute Gasteiger partial charge is 0.254 e. The Bertz CT molecular complexity index is 1100. The van der Waals surface area contributed by atoms with Crippen LogP contribution >= 0.6 is 11.3 Å². The maximum atomic E-state index is 13.5. The van der Waals surface area contributed by atoms with E-state index < -0.39 is 0 Å². The van der Waals surface area contributed by atoms with Crippen molar-refractivity contribution in [1.29, 1.82) is 0 Å². The maximum absolute atomic E-state index is 13.5. The molecule has 0 unspecified atom stereocenters. The lowest BCUT2D eigenvalue weighted by atomic mass is 10.0. The number of nitrogens with zero attached hydrogens (tertiary/aromatic N) is 2. The van der Waals surface area contributed by atoms with Crippen molar-refractivity contribution < 1.29 is 23.5 Å². The normalized spacial score (nSPS) is 15.0. The van der Waals surface area contributed by atoms with Crippen LogP contribution in [0.3, 0.4) is 0 Å². The Kier molecular flexibility index (Phi) is 7.92. The van der Waals surface area contributed by atoms with Crippen LogP contribution in [0.1, 0.15) is 26.8 Å². The maximum Gasteiger partial charge on any atom is 0.254 e. The molecule has 3 aromatic rings. The summed E-state index contributed by atoms with van der Waals surface area (Å²) in [4.78, 5) is 31.1. The van der Waals surface area contributed by atoms with Crippen LogP contribution in [-0.2, 0) is 16.0 Å². The van der Waals surface area contributed by atoms with E-state index in [0.717, 1.165) is 12.0 Å². The van der Waals surface area contributed by atoms with Gasteiger partial charge in [-0.1, -0.05) is 18.2 Å². The van der Waals surface area contributed by atoms with Gasteiger partial charge < -0.3 is 19.3 Å². The molecule has 0 saturated heterocycles. The van der Waals surface area contributed by atoms with Crippen molar-refractivity contribution in [2.24, 2.45) is 0 Å². The summed E-state index contributed by atoms with van der Waals surface area (Å²) in [5.74, 6) is -0.151. The summed E-state index contributed by atoms with van der Waals surface area (Å²) >= 11 is 1.67. The van der Waals surface area contributed by atoms with E-state index in [2.05, 4.69) is 0 Å². The van der Waals surface area contributed by atoms with E-state index in [0.29, 0.717) is 31.0 Å². The van der Waals surface area contributed by atoms with Crippen molar-refractivity contribution in [3.8, 4) is 5.75 Å². The molecular formula is C26H27FN2O4S. The molecule has 178 valence electrons. The van der Waals surface area contributed by atoms with Crippen LogP contribution in [0.4, 0.5) is 4.39 Å². The second-order valence-electron chi connectivity index (χ2n) is 8.00. The number of rotatable bonds is 9. The molecule has 2 amide bonds. The summed E-state index contributed by atoms with van der Waals surface area (Å²) in [5.41, 5.74) is 1.59. The summed E-state index contributed by atoms with van der Waals surface area (Å²) < 4.78 is 24.4. The minimum absolute atomic E-state index is 0.0520. The van der Waals surface area contributed by atoms with Gasteiger partial charge >= 0.3 is 0 Å². The highest BCUT2D eigenvalue weighted by Gasteiger charge is 2.33. The number of fused-ring (bicyclic) bond motifs is 1. The number of benzene rings is 2. The standard InChI is InChI=1S/C26H27FN2O4S/c1-32-15-14-28(26(31)19-5-3-2-4-6-19)17-25(30)29-13-11-24-22(12-16-34-24)23(29)18-33-21-9-7-20(27)8-10-21/h2-10,12,16,23H,11,13-15,17-18H2,1H3/t23-/m0/s1. The third kappa shape index (κ3) is 5.63. The molecule has 0 aliphatic carbocycles. The number of halogens is 1. The van der Waals surface area contributed by atoms with Gasteiger partial charge in [-0.05, 0) is 59.8 Å². The summed E-state index contributed by atoms with van der Waals surface area (Å²) in [6.07, 6.45) is 0.760. The Morgan fingerprint density at radius 1 is 1.12 bits per heavy atom. The molecule has 0 radical (unpaired) electrons. The third-order valence-electron chi connectivity index (χ3n) is 5.84. The Labute approximate surface area is 202 Å². The zero-order valence-corrected chi connectivity index (χ0v) is 19.8. The molecule has 8 heteroatoms. The first kappa shape index (κ1) is 23.9. The predicted molar refractivity (Wildman–Crippen MR) is 129 cm³/mol. The van der Waals surface area contributed by atoms with Gasteiger partial charge in [-0.25, -0.2) is 4.39 Å². The van der Waals surface area contributed by atoms with E-state index in [1.54, 1.807) is 59.7 Å². The van der Waals surface area contributed by atoms with E-state index in [1.165, 1.54) is 21.9 Å². The second kappa shape index (κ2) is 11.3. The van der Waals surface area contributed by atoms with E-state index in [4.69, 9.17) is 9.47 Å². The lowest BCUT2D eigenvalue weighted by molar-refractivity contribution is -0.135. The summed E-state index contributed by atoms with van der Waals surface area (Å²) in [6, 6.07) is 16.5. The van der Waals surface area contributed by atoms with Crippen molar-refractivity contribution in [3.05, 3.63) is 87.9 Å². The van der Waals surface area contributed by atoms with Crippen molar-refractivity contribution in [3.63, 3.8) is 0 Å². The molecule has 2 aromatic carbocycles. The fourth-order valence-corrected chi connectivity index (χ4v) is 4.98.